The van der Waals surface area contributed by atoms with Crippen LogP contribution in [-0.2, 0) is 27.5 Å². The van der Waals surface area contributed by atoms with E-state index >= 15 is 0 Å². The maximum Gasteiger partial charge on any atom is 0.238 e. The van der Waals surface area contributed by atoms with Crippen molar-refractivity contribution in [3.8, 4) is 0 Å². The van der Waals surface area contributed by atoms with Gasteiger partial charge in [0.1, 0.15) is 0 Å². The number of fused-ring (bicyclic) bond motifs is 1. The lowest BCUT2D eigenvalue weighted by atomic mass is 10.0. The maximum absolute atomic E-state index is 12.0. The molecule has 0 spiro atoms. The van der Waals surface area contributed by atoms with Gasteiger partial charge in [0.2, 0.25) is 5.91 Å². The third-order valence-corrected chi connectivity index (χ3v) is 6.90. The van der Waals surface area contributed by atoms with Gasteiger partial charge in [-0.1, -0.05) is 12.1 Å². The molecule has 5 nitrogen and oxygen atoms in total. The van der Waals surface area contributed by atoms with Crippen LogP contribution in [0.4, 0.5) is 0 Å². The fourth-order valence-electron chi connectivity index (χ4n) is 2.87. The van der Waals surface area contributed by atoms with Gasteiger partial charge in [0.25, 0.3) is 0 Å². The molecule has 2 N–H and O–H groups in total. The van der Waals surface area contributed by atoms with Gasteiger partial charge in [0, 0.05) is 18.2 Å². The summed E-state index contributed by atoms with van der Waals surface area (Å²) in [5.74, 6) is 1.95. The molecule has 2 heterocycles. The van der Waals surface area contributed by atoms with Gasteiger partial charge >= 0.3 is 0 Å². The minimum Gasteiger partial charge on any atom is -0.354 e. The lowest BCUT2D eigenvalue weighted by Gasteiger charge is -2.17. The Balaban J connectivity index is 1.58. The van der Waals surface area contributed by atoms with Crippen molar-refractivity contribution in [2.75, 3.05) is 23.9 Å². The van der Waals surface area contributed by atoms with Gasteiger partial charge in [0.15, 0.2) is 9.84 Å². The fraction of sp³-hybridized carbons (Fsp3) is 0.533. The van der Waals surface area contributed by atoms with Crippen LogP contribution in [0, 0.1) is 0 Å². The molecule has 7 heteroatoms. The molecule has 1 aromatic rings. The molecule has 0 radical (unpaired) electrons. The molecule has 0 aromatic heterocycles. The Kier molecular flexibility index (Phi) is 4.75. The average Bonchev–Trinajstić information content (AvgIpc) is 3.01. The number of carbonyl (C=O) groups excluding carboxylic acids is 1. The zero-order valence-corrected chi connectivity index (χ0v) is 13.9. The van der Waals surface area contributed by atoms with Gasteiger partial charge in [-0.15, -0.1) is 11.8 Å². The highest BCUT2D eigenvalue weighted by Crippen LogP contribution is 2.25. The number of carbonyl (C=O) groups is 1. The second-order valence-electron chi connectivity index (χ2n) is 5.68. The first-order chi connectivity index (χ1) is 10.6. The molecular formula is C15H20N2O3S2. The molecule has 0 bridgehead atoms. The summed E-state index contributed by atoms with van der Waals surface area (Å²) < 4.78 is 23.9. The minimum absolute atomic E-state index is 0.0468. The topological polar surface area (TPSA) is 75.3 Å². The number of aryl methyl sites for hydroxylation is 1. The molecule has 0 aliphatic carbocycles. The van der Waals surface area contributed by atoms with Crippen molar-refractivity contribution in [2.45, 2.75) is 30.2 Å². The predicted molar refractivity (Wildman–Crippen MR) is 87.8 cm³/mol. The lowest BCUT2D eigenvalue weighted by Crippen LogP contribution is -2.42. The van der Waals surface area contributed by atoms with Crippen LogP contribution in [-0.4, -0.2) is 44.3 Å². The molecule has 1 unspecified atom stereocenters. The third kappa shape index (κ3) is 3.47. The SMILES string of the molecule is O=C(NCCc1ccc2c(c1)CCCS2(=O)=O)C1CSCN1. The van der Waals surface area contributed by atoms with Gasteiger partial charge in [-0.2, -0.15) is 0 Å². The molecule has 2 aliphatic heterocycles. The van der Waals surface area contributed by atoms with Crippen LogP contribution in [0.5, 0.6) is 0 Å². The average molecular weight is 340 g/mol. The number of hydrogen-bond donors (Lipinski definition) is 2. The van der Waals surface area contributed by atoms with Crippen LogP contribution in [0.3, 0.4) is 0 Å². The van der Waals surface area contributed by atoms with E-state index in [2.05, 4.69) is 10.6 Å². The number of sulfone groups is 1. The highest BCUT2D eigenvalue weighted by Gasteiger charge is 2.24. The molecule has 1 saturated heterocycles. The summed E-state index contributed by atoms with van der Waals surface area (Å²) in [6, 6.07) is 5.47. The van der Waals surface area contributed by atoms with Gasteiger partial charge in [-0.25, -0.2) is 8.42 Å². The minimum atomic E-state index is -3.08. The Morgan fingerprint density at radius 2 is 2.27 bits per heavy atom. The summed E-state index contributed by atoms with van der Waals surface area (Å²) in [6.07, 6.45) is 2.23. The summed E-state index contributed by atoms with van der Waals surface area (Å²) in [7, 11) is -3.08. The number of benzene rings is 1. The van der Waals surface area contributed by atoms with E-state index in [1.54, 1.807) is 17.8 Å². The predicted octanol–water partition coefficient (Wildman–Crippen LogP) is 0.728. The Hall–Kier alpha value is -1.05. The Bertz CT molecular complexity index is 667. The summed E-state index contributed by atoms with van der Waals surface area (Å²) in [5, 5.41) is 6.08. The normalized spacial score (nSPS) is 23.0. The Labute approximate surface area is 135 Å². The summed E-state index contributed by atoms with van der Waals surface area (Å²) in [5.41, 5.74) is 1.99. The van der Waals surface area contributed by atoms with Crippen LogP contribution < -0.4 is 10.6 Å². The van der Waals surface area contributed by atoms with E-state index in [1.807, 2.05) is 12.1 Å². The number of thioether (sulfide) groups is 1. The zero-order valence-electron chi connectivity index (χ0n) is 12.3. The highest BCUT2D eigenvalue weighted by molar-refractivity contribution is 7.99. The van der Waals surface area contributed by atoms with Crippen molar-refractivity contribution in [2.24, 2.45) is 0 Å². The zero-order chi connectivity index (χ0) is 15.6. The van der Waals surface area contributed by atoms with Crippen molar-refractivity contribution < 1.29 is 13.2 Å². The smallest absolute Gasteiger partial charge is 0.238 e. The number of hydrogen-bond acceptors (Lipinski definition) is 5. The van der Waals surface area contributed by atoms with Crippen LogP contribution in [0.15, 0.2) is 23.1 Å². The lowest BCUT2D eigenvalue weighted by molar-refractivity contribution is -0.122. The van der Waals surface area contributed by atoms with Crippen LogP contribution in [0.2, 0.25) is 0 Å². The summed E-state index contributed by atoms with van der Waals surface area (Å²) >= 11 is 1.73. The second kappa shape index (κ2) is 6.60. The summed E-state index contributed by atoms with van der Waals surface area (Å²) in [4.78, 5) is 12.4. The molecule has 0 saturated carbocycles. The van der Waals surface area contributed by atoms with Gasteiger partial charge in [0.05, 0.1) is 16.7 Å². The van der Waals surface area contributed by atoms with Crippen molar-refractivity contribution >= 4 is 27.5 Å². The molecule has 1 atom stereocenters. The fourth-order valence-corrected chi connectivity index (χ4v) is 5.39. The maximum atomic E-state index is 12.0. The second-order valence-corrected chi connectivity index (χ2v) is 8.79. The van der Waals surface area contributed by atoms with Gasteiger partial charge in [-0.05, 0) is 36.5 Å². The number of nitrogens with one attached hydrogen (secondary N) is 2. The largest absolute Gasteiger partial charge is 0.354 e. The third-order valence-electron chi connectivity index (χ3n) is 4.06. The van der Waals surface area contributed by atoms with Crippen LogP contribution in [0.25, 0.3) is 0 Å². The Morgan fingerprint density at radius 1 is 1.41 bits per heavy atom. The van der Waals surface area contributed by atoms with Crippen LogP contribution in [0.1, 0.15) is 17.5 Å². The Morgan fingerprint density at radius 3 is 3.05 bits per heavy atom. The van der Waals surface area contributed by atoms with E-state index in [-0.39, 0.29) is 17.7 Å². The van der Waals surface area contributed by atoms with Crippen molar-refractivity contribution in [3.63, 3.8) is 0 Å². The molecule has 3 rings (SSSR count). The molecule has 1 amide bonds. The van der Waals surface area contributed by atoms with Crippen LogP contribution >= 0.6 is 11.8 Å². The number of amides is 1. The molecule has 2 aliphatic rings. The van der Waals surface area contributed by atoms with E-state index in [9.17, 15) is 13.2 Å². The van der Waals surface area contributed by atoms with Gasteiger partial charge in [-0.3, -0.25) is 10.1 Å². The summed E-state index contributed by atoms with van der Waals surface area (Å²) in [6.45, 7) is 0.577. The first-order valence-corrected chi connectivity index (χ1v) is 10.3. The highest BCUT2D eigenvalue weighted by atomic mass is 32.2. The van der Waals surface area contributed by atoms with Crippen molar-refractivity contribution in [1.29, 1.82) is 0 Å². The van der Waals surface area contributed by atoms with E-state index < -0.39 is 9.84 Å². The monoisotopic (exact) mass is 340 g/mol. The molecule has 1 aromatic carbocycles. The van der Waals surface area contributed by atoms with Crippen molar-refractivity contribution in [3.05, 3.63) is 29.3 Å². The van der Waals surface area contributed by atoms with Gasteiger partial charge < -0.3 is 5.32 Å². The first kappa shape index (κ1) is 15.8. The van der Waals surface area contributed by atoms with Crippen molar-refractivity contribution in [1.82, 2.24) is 10.6 Å². The molecular weight excluding hydrogens is 320 g/mol. The standard InChI is InChI=1S/C15H20N2O3S2/c18-15(13-9-21-10-17-13)16-6-5-11-3-4-14-12(8-11)2-1-7-22(14,19)20/h3-4,8,13,17H,1-2,5-7,9-10H2,(H,16,18). The van der Waals surface area contributed by atoms with E-state index in [1.165, 1.54) is 0 Å². The van der Waals surface area contributed by atoms with E-state index in [4.69, 9.17) is 0 Å². The molecule has 22 heavy (non-hydrogen) atoms. The van der Waals surface area contributed by atoms with E-state index in [0.717, 1.165) is 35.6 Å². The quantitative estimate of drug-likeness (QED) is 0.845. The molecule has 1 fully saturated rings. The van der Waals surface area contributed by atoms with E-state index in [0.29, 0.717) is 17.9 Å². The molecule has 120 valence electrons. The number of rotatable bonds is 4. The first-order valence-electron chi connectivity index (χ1n) is 7.50.